The van der Waals surface area contributed by atoms with Gasteiger partial charge in [-0.3, -0.25) is 14.3 Å². The first-order chi connectivity index (χ1) is 11.1. The molecule has 24 heavy (non-hydrogen) atoms. The Labute approximate surface area is 146 Å². The number of sulfone groups is 1. The number of aliphatic hydroxyl groups excluding tert-OH is 1. The average molecular weight is 419 g/mol. The van der Waals surface area contributed by atoms with Gasteiger partial charge in [0.15, 0.2) is 25.6 Å². The van der Waals surface area contributed by atoms with Gasteiger partial charge in [-0.25, -0.2) is 8.42 Å². The Bertz CT molecular complexity index is 803. The van der Waals surface area contributed by atoms with Crippen LogP contribution in [0.4, 0.5) is 0 Å². The number of rotatable bonds is 4. The van der Waals surface area contributed by atoms with Crippen molar-refractivity contribution < 1.29 is 27.8 Å². The van der Waals surface area contributed by atoms with E-state index in [1.165, 1.54) is 24.0 Å². The Kier molecular flexibility index (Phi) is 3.81. The van der Waals surface area contributed by atoms with Crippen molar-refractivity contribution in [2.45, 2.75) is 34.0 Å². The molecule has 4 atom stereocenters. The van der Waals surface area contributed by atoms with E-state index >= 15 is 0 Å². The SMILES string of the molecule is [B]OC(=O)C1N2C(=O)C(Br)(CO)C2S(=O)(=O)[C@@]1(C)Cn1ccnn1. The quantitative estimate of drug-likeness (QED) is 0.329. The van der Waals surface area contributed by atoms with E-state index in [0.717, 1.165) is 4.90 Å². The zero-order valence-electron chi connectivity index (χ0n) is 12.4. The highest BCUT2D eigenvalue weighted by molar-refractivity contribution is 9.10. The Hall–Kier alpha value is -1.47. The molecule has 2 radical (unpaired) electrons. The number of nitrogens with zero attached hydrogens (tertiary/aromatic N) is 4. The number of β-lactam (4-membered cyclic amide) rings is 1. The molecule has 10 nitrogen and oxygen atoms in total. The van der Waals surface area contributed by atoms with Crippen LogP contribution in [0.25, 0.3) is 0 Å². The number of hydrogen-bond donors (Lipinski definition) is 1. The summed E-state index contributed by atoms with van der Waals surface area (Å²) < 4.78 is 28.2. The van der Waals surface area contributed by atoms with Gasteiger partial charge in [0.05, 0.1) is 19.3 Å². The molecule has 0 spiro atoms. The van der Waals surface area contributed by atoms with Gasteiger partial charge < -0.3 is 14.7 Å². The first kappa shape index (κ1) is 17.4. The van der Waals surface area contributed by atoms with E-state index in [2.05, 4.69) is 30.9 Å². The number of hydrogen-bond acceptors (Lipinski definition) is 8. The zero-order valence-corrected chi connectivity index (χ0v) is 14.8. The van der Waals surface area contributed by atoms with Crippen molar-refractivity contribution in [1.82, 2.24) is 19.9 Å². The molecule has 1 aromatic heterocycles. The van der Waals surface area contributed by atoms with Crippen LogP contribution in [0.1, 0.15) is 6.92 Å². The van der Waals surface area contributed by atoms with Crippen LogP contribution in [0, 0.1) is 0 Å². The van der Waals surface area contributed by atoms with E-state index in [1.807, 2.05) is 0 Å². The third-order valence-electron chi connectivity index (χ3n) is 4.55. The molecule has 128 valence electrons. The van der Waals surface area contributed by atoms with Crippen LogP contribution in [0.5, 0.6) is 0 Å². The third kappa shape index (κ3) is 1.88. The summed E-state index contributed by atoms with van der Waals surface area (Å²) in [5.74, 6) is -1.79. The maximum atomic E-state index is 13.1. The van der Waals surface area contributed by atoms with Gasteiger partial charge in [-0.1, -0.05) is 21.1 Å². The minimum Gasteiger partial charge on any atom is -0.542 e. The molecule has 3 rings (SSSR count). The lowest BCUT2D eigenvalue weighted by Gasteiger charge is -2.48. The lowest BCUT2D eigenvalue weighted by atomic mass is 9.91. The number of fused-ring (bicyclic) bond motifs is 1. The molecule has 2 aliphatic rings. The van der Waals surface area contributed by atoms with Crippen molar-refractivity contribution >= 4 is 45.7 Å². The molecule has 0 aromatic carbocycles. The molecular weight excluding hydrogens is 407 g/mol. The molecule has 1 aromatic rings. The zero-order chi connectivity index (χ0) is 17.9. The van der Waals surface area contributed by atoms with Crippen LogP contribution in [0.3, 0.4) is 0 Å². The standard InChI is InChI=1S/C11H12BBrN4O6S/c1-10(4-16-3-2-14-15-16)6(7(19)23-12)17-8(20)11(13,5-18)9(17)24(10,21)22/h2-3,6,9,18H,4-5H2,1H3/t6?,9?,10-,11?/m0/s1. The number of aromatic nitrogens is 3. The predicted octanol–water partition coefficient (Wildman–Crippen LogP) is -2.25. The van der Waals surface area contributed by atoms with E-state index in [9.17, 15) is 23.1 Å². The summed E-state index contributed by atoms with van der Waals surface area (Å²) in [4.78, 5) is 25.4. The van der Waals surface area contributed by atoms with Crippen LogP contribution in [-0.2, 0) is 30.6 Å². The normalized spacial score (nSPS) is 37.0. The van der Waals surface area contributed by atoms with Gasteiger partial charge in [0.2, 0.25) is 5.91 Å². The van der Waals surface area contributed by atoms with Crippen molar-refractivity contribution in [3.05, 3.63) is 12.4 Å². The fourth-order valence-electron chi connectivity index (χ4n) is 3.32. The lowest BCUT2D eigenvalue weighted by Crippen LogP contribution is -2.73. The number of amides is 1. The second-order valence-corrected chi connectivity index (χ2v) is 9.77. The van der Waals surface area contributed by atoms with Crippen molar-refractivity contribution in [2.24, 2.45) is 0 Å². The molecule has 2 aliphatic heterocycles. The summed E-state index contributed by atoms with van der Waals surface area (Å²) in [6.45, 7) is 0.321. The Morgan fingerprint density at radius 3 is 2.75 bits per heavy atom. The van der Waals surface area contributed by atoms with Gasteiger partial charge in [0, 0.05) is 6.20 Å². The summed E-state index contributed by atoms with van der Waals surface area (Å²) >= 11 is 3.00. The van der Waals surface area contributed by atoms with Crippen LogP contribution < -0.4 is 0 Å². The monoisotopic (exact) mass is 418 g/mol. The van der Waals surface area contributed by atoms with Gasteiger partial charge >= 0.3 is 14.0 Å². The molecule has 0 aliphatic carbocycles. The molecule has 3 unspecified atom stereocenters. The van der Waals surface area contributed by atoms with Gasteiger partial charge in [-0.15, -0.1) is 5.10 Å². The highest BCUT2D eigenvalue weighted by Crippen LogP contribution is 2.54. The van der Waals surface area contributed by atoms with Gasteiger partial charge in [0.25, 0.3) is 0 Å². The van der Waals surface area contributed by atoms with Gasteiger partial charge in [-0.2, -0.15) is 0 Å². The Balaban J connectivity index is 2.15. The number of carbonyl (C=O) groups is 2. The molecule has 2 saturated heterocycles. The largest absolute Gasteiger partial charge is 0.542 e. The summed E-state index contributed by atoms with van der Waals surface area (Å²) in [7, 11) is 0.827. The first-order valence-electron chi connectivity index (χ1n) is 6.76. The minimum atomic E-state index is -4.11. The topological polar surface area (TPSA) is 132 Å². The molecule has 1 N–H and O–H groups in total. The summed E-state index contributed by atoms with van der Waals surface area (Å²) in [6.07, 6.45) is 2.78. The van der Waals surface area contributed by atoms with E-state index in [1.54, 1.807) is 0 Å². The fourth-order valence-corrected chi connectivity index (χ4v) is 7.01. The number of halogens is 1. The predicted molar refractivity (Wildman–Crippen MR) is 82.4 cm³/mol. The third-order valence-corrected chi connectivity index (χ3v) is 8.75. The Morgan fingerprint density at radius 2 is 2.25 bits per heavy atom. The van der Waals surface area contributed by atoms with Crippen LogP contribution in [-0.4, -0.2) is 80.4 Å². The molecule has 0 saturated carbocycles. The average Bonchev–Trinajstić information content (AvgIpc) is 3.09. The fraction of sp³-hybridized carbons (Fsp3) is 0.636. The molecule has 0 bridgehead atoms. The molecule has 2 fully saturated rings. The van der Waals surface area contributed by atoms with Gasteiger partial charge in [-0.05, 0) is 6.92 Å². The van der Waals surface area contributed by atoms with Crippen LogP contribution in [0.2, 0.25) is 0 Å². The van der Waals surface area contributed by atoms with Crippen LogP contribution in [0.15, 0.2) is 12.4 Å². The van der Waals surface area contributed by atoms with E-state index < -0.39 is 48.8 Å². The second-order valence-electron chi connectivity index (χ2n) is 5.88. The minimum absolute atomic E-state index is 0.246. The van der Waals surface area contributed by atoms with Gasteiger partial charge in [0.1, 0.15) is 4.75 Å². The highest BCUT2D eigenvalue weighted by Gasteiger charge is 2.79. The van der Waals surface area contributed by atoms with Crippen molar-refractivity contribution in [2.75, 3.05) is 6.61 Å². The van der Waals surface area contributed by atoms with E-state index in [-0.39, 0.29) is 6.54 Å². The Morgan fingerprint density at radius 1 is 1.58 bits per heavy atom. The maximum Gasteiger partial charge on any atom is 0.378 e. The van der Waals surface area contributed by atoms with E-state index in [4.69, 9.17) is 8.05 Å². The second kappa shape index (κ2) is 5.26. The summed E-state index contributed by atoms with van der Waals surface area (Å²) in [6, 6.07) is -1.47. The molecule has 1 amide bonds. The molecular formula is C11H12BBrN4O6S. The smallest absolute Gasteiger partial charge is 0.378 e. The first-order valence-corrected chi connectivity index (χ1v) is 9.09. The number of carbonyl (C=O) groups excluding carboxylic acids is 2. The summed E-state index contributed by atoms with van der Waals surface area (Å²) in [5, 5.41) is 15.4. The van der Waals surface area contributed by atoms with Crippen molar-refractivity contribution in [1.29, 1.82) is 0 Å². The maximum absolute atomic E-state index is 13.1. The van der Waals surface area contributed by atoms with E-state index in [0.29, 0.717) is 0 Å². The molecule has 13 heteroatoms. The summed E-state index contributed by atoms with van der Waals surface area (Å²) in [5.41, 5.74) is 0. The molecule has 3 heterocycles. The van der Waals surface area contributed by atoms with Crippen molar-refractivity contribution in [3.8, 4) is 0 Å². The highest BCUT2D eigenvalue weighted by atomic mass is 79.9. The number of alkyl halides is 1. The van der Waals surface area contributed by atoms with Crippen LogP contribution >= 0.6 is 15.9 Å². The number of aliphatic hydroxyl groups is 1. The lowest BCUT2D eigenvalue weighted by molar-refractivity contribution is -0.160. The van der Waals surface area contributed by atoms with Crippen molar-refractivity contribution in [3.63, 3.8) is 0 Å².